The molecule has 7 nitrogen and oxygen atoms in total. The number of hydrogen-bond acceptors (Lipinski definition) is 6. The van der Waals surface area contributed by atoms with Crippen molar-refractivity contribution in [2.75, 3.05) is 13.2 Å². The fourth-order valence-electron chi connectivity index (χ4n) is 2.05. The van der Waals surface area contributed by atoms with Crippen molar-refractivity contribution >= 4 is 0 Å². The standard InChI is InChI=1S/C9H18N6O/c1-15-13-9(12-14-15)5-8(11-10)7-3-2-4-16-6-7/h7-8,11H,2-6,10H2,1H3. The molecule has 2 atom stereocenters. The largest absolute Gasteiger partial charge is 0.381 e. The molecule has 0 bridgehead atoms. The molecular weight excluding hydrogens is 208 g/mol. The Labute approximate surface area is 94.3 Å². The summed E-state index contributed by atoms with van der Waals surface area (Å²) in [6.45, 7) is 1.62. The molecule has 2 heterocycles. The highest BCUT2D eigenvalue weighted by Gasteiger charge is 2.24. The number of aromatic nitrogens is 4. The molecule has 0 aliphatic carbocycles. The van der Waals surface area contributed by atoms with Crippen LogP contribution in [-0.4, -0.2) is 39.5 Å². The summed E-state index contributed by atoms with van der Waals surface area (Å²) < 4.78 is 5.45. The molecule has 1 saturated heterocycles. The highest BCUT2D eigenvalue weighted by molar-refractivity contribution is 4.88. The van der Waals surface area contributed by atoms with Crippen LogP contribution in [0.5, 0.6) is 0 Å². The van der Waals surface area contributed by atoms with E-state index in [1.54, 1.807) is 7.05 Å². The van der Waals surface area contributed by atoms with Crippen molar-refractivity contribution < 1.29 is 4.74 Å². The van der Waals surface area contributed by atoms with E-state index in [0.29, 0.717) is 12.3 Å². The minimum Gasteiger partial charge on any atom is -0.381 e. The number of rotatable bonds is 4. The van der Waals surface area contributed by atoms with Gasteiger partial charge < -0.3 is 4.74 Å². The molecule has 90 valence electrons. The number of nitrogens with two attached hydrogens (primary N) is 1. The van der Waals surface area contributed by atoms with Crippen LogP contribution < -0.4 is 11.3 Å². The molecule has 0 aromatic carbocycles. The monoisotopic (exact) mass is 226 g/mol. The normalized spacial score (nSPS) is 23.2. The Balaban J connectivity index is 1.94. The van der Waals surface area contributed by atoms with Crippen LogP contribution in [0, 0.1) is 5.92 Å². The van der Waals surface area contributed by atoms with E-state index >= 15 is 0 Å². The van der Waals surface area contributed by atoms with E-state index in [2.05, 4.69) is 20.8 Å². The molecule has 1 aromatic heterocycles. The van der Waals surface area contributed by atoms with E-state index in [-0.39, 0.29) is 6.04 Å². The fraction of sp³-hybridized carbons (Fsp3) is 0.889. The lowest BCUT2D eigenvalue weighted by Gasteiger charge is -2.28. The predicted molar refractivity (Wildman–Crippen MR) is 57.2 cm³/mol. The van der Waals surface area contributed by atoms with Crippen molar-refractivity contribution in [1.29, 1.82) is 0 Å². The Bertz CT molecular complexity index is 322. The van der Waals surface area contributed by atoms with Crippen LogP contribution in [0.25, 0.3) is 0 Å². The molecule has 0 spiro atoms. The van der Waals surface area contributed by atoms with Crippen LogP contribution in [0.4, 0.5) is 0 Å². The van der Waals surface area contributed by atoms with Gasteiger partial charge in [0.25, 0.3) is 0 Å². The zero-order chi connectivity index (χ0) is 11.4. The Morgan fingerprint density at radius 1 is 1.69 bits per heavy atom. The Kier molecular flexibility index (Phi) is 3.81. The van der Waals surface area contributed by atoms with Crippen molar-refractivity contribution in [3.8, 4) is 0 Å². The summed E-state index contributed by atoms with van der Waals surface area (Å²) in [7, 11) is 1.76. The maximum atomic E-state index is 5.57. The maximum absolute atomic E-state index is 5.57. The van der Waals surface area contributed by atoms with Crippen LogP contribution in [0.3, 0.4) is 0 Å². The van der Waals surface area contributed by atoms with Gasteiger partial charge in [-0.15, -0.1) is 10.2 Å². The molecule has 7 heteroatoms. The van der Waals surface area contributed by atoms with Crippen molar-refractivity contribution in [2.45, 2.75) is 25.3 Å². The lowest BCUT2D eigenvalue weighted by molar-refractivity contribution is 0.0390. The number of hydrogen-bond donors (Lipinski definition) is 2. The van der Waals surface area contributed by atoms with Gasteiger partial charge in [0.2, 0.25) is 0 Å². The van der Waals surface area contributed by atoms with E-state index in [4.69, 9.17) is 10.6 Å². The van der Waals surface area contributed by atoms with E-state index < -0.39 is 0 Å². The summed E-state index contributed by atoms with van der Waals surface area (Å²) in [6.07, 6.45) is 2.92. The second-order valence-corrected chi connectivity index (χ2v) is 4.15. The van der Waals surface area contributed by atoms with Gasteiger partial charge in [-0.2, -0.15) is 4.80 Å². The lowest BCUT2D eigenvalue weighted by Crippen LogP contribution is -2.45. The van der Waals surface area contributed by atoms with E-state index in [9.17, 15) is 0 Å². The first-order chi connectivity index (χ1) is 7.79. The number of nitrogens with zero attached hydrogens (tertiary/aromatic N) is 4. The second-order valence-electron chi connectivity index (χ2n) is 4.15. The molecule has 1 aliphatic rings. The maximum Gasteiger partial charge on any atom is 0.176 e. The molecule has 1 fully saturated rings. The number of nitrogens with one attached hydrogen (secondary N) is 1. The quantitative estimate of drug-likeness (QED) is 0.506. The SMILES string of the molecule is Cn1nnc(CC(NN)C2CCCOC2)n1. The average molecular weight is 226 g/mol. The van der Waals surface area contributed by atoms with Gasteiger partial charge in [-0.1, -0.05) is 0 Å². The average Bonchev–Trinajstić information content (AvgIpc) is 2.73. The molecule has 1 aliphatic heterocycles. The zero-order valence-electron chi connectivity index (χ0n) is 9.46. The van der Waals surface area contributed by atoms with Gasteiger partial charge in [0.15, 0.2) is 5.82 Å². The van der Waals surface area contributed by atoms with Gasteiger partial charge in [0, 0.05) is 19.1 Å². The number of hydrazine groups is 1. The predicted octanol–water partition coefficient (Wildman–Crippen LogP) is -0.989. The van der Waals surface area contributed by atoms with E-state index in [1.165, 1.54) is 4.80 Å². The first kappa shape index (κ1) is 11.4. The Morgan fingerprint density at radius 3 is 3.12 bits per heavy atom. The Hall–Kier alpha value is -1.05. The number of aryl methyl sites for hydroxylation is 1. The minimum absolute atomic E-state index is 0.157. The highest BCUT2D eigenvalue weighted by atomic mass is 16.5. The van der Waals surface area contributed by atoms with Crippen LogP contribution in [0.1, 0.15) is 18.7 Å². The van der Waals surface area contributed by atoms with Gasteiger partial charge in [0.05, 0.1) is 13.7 Å². The molecule has 0 radical (unpaired) electrons. The zero-order valence-corrected chi connectivity index (χ0v) is 9.46. The molecule has 16 heavy (non-hydrogen) atoms. The van der Waals surface area contributed by atoms with Gasteiger partial charge in [0.1, 0.15) is 0 Å². The number of ether oxygens (including phenoxy) is 1. The highest BCUT2D eigenvalue weighted by Crippen LogP contribution is 2.18. The summed E-state index contributed by atoms with van der Waals surface area (Å²) in [5.41, 5.74) is 2.83. The van der Waals surface area contributed by atoms with Crippen LogP contribution in [0.2, 0.25) is 0 Å². The first-order valence-corrected chi connectivity index (χ1v) is 5.56. The van der Waals surface area contributed by atoms with Gasteiger partial charge in [-0.05, 0) is 24.0 Å². The summed E-state index contributed by atoms with van der Waals surface area (Å²) >= 11 is 0. The van der Waals surface area contributed by atoms with Crippen LogP contribution in [-0.2, 0) is 18.2 Å². The second kappa shape index (κ2) is 5.33. The third-order valence-electron chi connectivity index (χ3n) is 2.93. The third kappa shape index (κ3) is 2.75. The third-order valence-corrected chi connectivity index (χ3v) is 2.93. The fourth-order valence-corrected chi connectivity index (χ4v) is 2.05. The van der Waals surface area contributed by atoms with Crippen molar-refractivity contribution in [2.24, 2.45) is 18.8 Å². The van der Waals surface area contributed by atoms with Crippen molar-refractivity contribution in [1.82, 2.24) is 25.6 Å². The first-order valence-electron chi connectivity index (χ1n) is 5.56. The number of tetrazole rings is 1. The molecule has 0 saturated carbocycles. The molecule has 2 rings (SSSR count). The van der Waals surface area contributed by atoms with E-state index in [0.717, 1.165) is 31.9 Å². The summed E-state index contributed by atoms with van der Waals surface area (Å²) in [6, 6.07) is 0.157. The van der Waals surface area contributed by atoms with Gasteiger partial charge in [-0.3, -0.25) is 11.3 Å². The smallest absolute Gasteiger partial charge is 0.176 e. The minimum atomic E-state index is 0.157. The molecule has 3 N–H and O–H groups in total. The topological polar surface area (TPSA) is 90.9 Å². The molecule has 0 amide bonds. The van der Waals surface area contributed by atoms with Crippen LogP contribution >= 0.6 is 0 Å². The summed E-state index contributed by atoms with van der Waals surface area (Å²) in [5, 5.41) is 11.9. The molecule has 1 aromatic rings. The van der Waals surface area contributed by atoms with Gasteiger partial charge >= 0.3 is 0 Å². The van der Waals surface area contributed by atoms with Gasteiger partial charge in [-0.25, -0.2) is 0 Å². The molecular formula is C9H18N6O. The Morgan fingerprint density at radius 2 is 2.56 bits per heavy atom. The molecule has 2 unspecified atom stereocenters. The lowest BCUT2D eigenvalue weighted by atomic mass is 9.92. The van der Waals surface area contributed by atoms with Crippen molar-refractivity contribution in [3.05, 3.63) is 5.82 Å². The summed E-state index contributed by atoms with van der Waals surface area (Å²) in [5.74, 6) is 6.72. The van der Waals surface area contributed by atoms with Crippen molar-refractivity contribution in [3.63, 3.8) is 0 Å². The van der Waals surface area contributed by atoms with E-state index in [1.807, 2.05) is 0 Å². The van der Waals surface area contributed by atoms with Crippen LogP contribution in [0.15, 0.2) is 0 Å². The summed E-state index contributed by atoms with van der Waals surface area (Å²) in [4.78, 5) is 1.46.